The van der Waals surface area contributed by atoms with Gasteiger partial charge in [0.05, 0.1) is 18.8 Å². The second-order valence-corrected chi connectivity index (χ2v) is 3.18. The van der Waals surface area contributed by atoms with E-state index in [0.29, 0.717) is 6.42 Å². The maximum atomic E-state index is 9.51. The Balaban J connectivity index is 2.52. The molecule has 1 heterocycles. The third kappa shape index (κ3) is 1.95. The largest absolute Gasteiger partial charge is 0.394 e. The summed E-state index contributed by atoms with van der Waals surface area (Å²) < 4.78 is 10.3. The number of rotatable bonds is 2. The van der Waals surface area contributed by atoms with Gasteiger partial charge in [0.25, 0.3) is 0 Å². The predicted molar refractivity (Wildman–Crippen MR) is 42.5 cm³/mol. The monoisotopic (exact) mass is 176 g/mol. The zero-order chi connectivity index (χ0) is 9.14. The Morgan fingerprint density at radius 2 is 2.25 bits per heavy atom. The maximum absolute atomic E-state index is 9.51. The van der Waals surface area contributed by atoms with Crippen LogP contribution in [0.1, 0.15) is 13.3 Å². The van der Waals surface area contributed by atoms with Crippen LogP contribution in [0, 0.1) is 5.92 Å². The Labute approximate surface area is 72.1 Å². The van der Waals surface area contributed by atoms with Crippen molar-refractivity contribution >= 4 is 0 Å². The highest BCUT2D eigenvalue weighted by molar-refractivity contribution is 4.79. The van der Waals surface area contributed by atoms with Crippen molar-refractivity contribution in [2.75, 3.05) is 13.7 Å². The zero-order valence-corrected chi connectivity index (χ0v) is 7.43. The van der Waals surface area contributed by atoms with Gasteiger partial charge in [-0.05, 0) is 0 Å². The summed E-state index contributed by atoms with van der Waals surface area (Å²) in [7, 11) is 1.53. The topological polar surface area (TPSA) is 58.9 Å². The first-order chi connectivity index (χ1) is 5.69. The van der Waals surface area contributed by atoms with E-state index in [0.717, 1.165) is 0 Å². The lowest BCUT2D eigenvalue weighted by atomic mass is 9.93. The van der Waals surface area contributed by atoms with E-state index in [2.05, 4.69) is 0 Å². The predicted octanol–water partition coefficient (Wildman–Crippen LogP) is -0.263. The van der Waals surface area contributed by atoms with Crippen molar-refractivity contribution in [3.63, 3.8) is 0 Å². The minimum Gasteiger partial charge on any atom is -0.394 e. The Hall–Kier alpha value is -0.160. The highest BCUT2D eigenvalue weighted by Crippen LogP contribution is 2.25. The molecular formula is C8H16O4. The van der Waals surface area contributed by atoms with Gasteiger partial charge >= 0.3 is 0 Å². The van der Waals surface area contributed by atoms with Crippen molar-refractivity contribution in [1.29, 1.82) is 0 Å². The van der Waals surface area contributed by atoms with Gasteiger partial charge in [0.2, 0.25) is 0 Å². The highest BCUT2D eigenvalue weighted by atomic mass is 16.7. The van der Waals surface area contributed by atoms with Gasteiger partial charge < -0.3 is 19.7 Å². The van der Waals surface area contributed by atoms with Crippen molar-refractivity contribution in [3.8, 4) is 0 Å². The van der Waals surface area contributed by atoms with Crippen LogP contribution in [0.25, 0.3) is 0 Å². The van der Waals surface area contributed by atoms with E-state index in [-0.39, 0.29) is 24.9 Å². The first kappa shape index (κ1) is 9.92. The van der Waals surface area contributed by atoms with Gasteiger partial charge in [-0.3, -0.25) is 0 Å². The molecule has 0 amide bonds. The molecule has 1 aliphatic rings. The van der Waals surface area contributed by atoms with Crippen molar-refractivity contribution in [3.05, 3.63) is 0 Å². The van der Waals surface area contributed by atoms with Crippen molar-refractivity contribution in [1.82, 2.24) is 0 Å². The van der Waals surface area contributed by atoms with Crippen LogP contribution in [0.3, 0.4) is 0 Å². The van der Waals surface area contributed by atoms with Gasteiger partial charge in [-0.2, -0.15) is 0 Å². The van der Waals surface area contributed by atoms with Crippen LogP contribution >= 0.6 is 0 Å². The summed E-state index contributed by atoms with van der Waals surface area (Å²) in [5, 5.41) is 18.4. The molecule has 1 rings (SSSR count). The lowest BCUT2D eigenvalue weighted by molar-refractivity contribution is -0.230. The molecule has 1 aliphatic heterocycles. The van der Waals surface area contributed by atoms with Gasteiger partial charge in [0, 0.05) is 19.4 Å². The number of methoxy groups -OCH3 is 1. The molecule has 0 spiro atoms. The van der Waals surface area contributed by atoms with Crippen LogP contribution in [-0.2, 0) is 9.47 Å². The van der Waals surface area contributed by atoms with Gasteiger partial charge in [-0.25, -0.2) is 0 Å². The molecule has 12 heavy (non-hydrogen) atoms. The fourth-order valence-electron chi connectivity index (χ4n) is 1.40. The molecule has 0 radical (unpaired) electrons. The Morgan fingerprint density at radius 1 is 1.58 bits per heavy atom. The summed E-state index contributed by atoms with van der Waals surface area (Å²) in [6, 6.07) is 0. The minimum absolute atomic E-state index is 0.0265. The first-order valence-corrected chi connectivity index (χ1v) is 4.16. The smallest absolute Gasteiger partial charge is 0.160 e. The van der Waals surface area contributed by atoms with Crippen LogP contribution < -0.4 is 0 Å². The number of aliphatic hydroxyl groups is 2. The van der Waals surface area contributed by atoms with Crippen molar-refractivity contribution in [2.45, 2.75) is 31.8 Å². The first-order valence-electron chi connectivity index (χ1n) is 4.16. The third-order valence-corrected chi connectivity index (χ3v) is 2.40. The van der Waals surface area contributed by atoms with Crippen LogP contribution in [0.5, 0.6) is 0 Å². The molecule has 72 valence electrons. The minimum atomic E-state index is -0.444. The molecule has 0 unspecified atom stereocenters. The van der Waals surface area contributed by atoms with Crippen molar-refractivity contribution in [2.24, 2.45) is 5.92 Å². The summed E-state index contributed by atoms with van der Waals surface area (Å²) in [5.41, 5.74) is 0. The van der Waals surface area contributed by atoms with Crippen LogP contribution in [0.15, 0.2) is 0 Å². The van der Waals surface area contributed by atoms with Gasteiger partial charge in [-0.1, -0.05) is 6.92 Å². The molecule has 4 atom stereocenters. The number of ether oxygens (including phenoxy) is 2. The zero-order valence-electron chi connectivity index (χ0n) is 7.43. The van der Waals surface area contributed by atoms with E-state index in [4.69, 9.17) is 14.6 Å². The summed E-state index contributed by atoms with van der Waals surface area (Å²) in [6.07, 6.45) is -0.651. The molecular weight excluding hydrogens is 160 g/mol. The SMILES string of the molecule is CO[C@H]1C[C@@H](O)[C@H](C)[C@@H](CO)O1. The van der Waals surface area contributed by atoms with Crippen LogP contribution in [0.4, 0.5) is 0 Å². The van der Waals surface area contributed by atoms with E-state index < -0.39 is 6.10 Å². The number of hydrogen-bond acceptors (Lipinski definition) is 4. The summed E-state index contributed by atoms with van der Waals surface area (Å²) in [6.45, 7) is 1.79. The Bertz CT molecular complexity index is 139. The highest BCUT2D eigenvalue weighted by Gasteiger charge is 2.34. The van der Waals surface area contributed by atoms with Gasteiger partial charge in [-0.15, -0.1) is 0 Å². The average molecular weight is 176 g/mol. The lowest BCUT2D eigenvalue weighted by Gasteiger charge is -2.36. The van der Waals surface area contributed by atoms with Gasteiger partial charge in [0.1, 0.15) is 0 Å². The molecule has 2 N–H and O–H groups in total. The van der Waals surface area contributed by atoms with E-state index in [1.54, 1.807) is 0 Å². The number of hydrogen-bond donors (Lipinski definition) is 2. The second-order valence-electron chi connectivity index (χ2n) is 3.18. The standard InChI is InChI=1S/C8H16O4/c1-5-6(10)3-8(11-2)12-7(5)4-9/h5-10H,3-4H2,1-2H3/t5-,6+,7+,8+/m0/s1. The second kappa shape index (κ2) is 4.18. The Kier molecular flexibility index (Phi) is 3.46. The molecule has 0 aromatic heterocycles. The average Bonchev–Trinajstić information content (AvgIpc) is 2.09. The van der Waals surface area contributed by atoms with Gasteiger partial charge in [0.15, 0.2) is 6.29 Å². The summed E-state index contributed by atoms with van der Waals surface area (Å²) in [5.74, 6) is -0.0265. The van der Waals surface area contributed by atoms with E-state index in [9.17, 15) is 5.11 Å². The maximum Gasteiger partial charge on any atom is 0.160 e. The van der Waals surface area contributed by atoms with E-state index in [1.807, 2.05) is 6.92 Å². The Morgan fingerprint density at radius 3 is 2.75 bits per heavy atom. The lowest BCUT2D eigenvalue weighted by Crippen LogP contribution is -2.45. The number of aliphatic hydroxyl groups excluding tert-OH is 2. The summed E-state index contributed by atoms with van der Waals surface area (Å²) in [4.78, 5) is 0. The third-order valence-electron chi connectivity index (χ3n) is 2.40. The van der Waals surface area contributed by atoms with E-state index >= 15 is 0 Å². The fraction of sp³-hybridized carbons (Fsp3) is 1.00. The van der Waals surface area contributed by atoms with Crippen molar-refractivity contribution < 1.29 is 19.7 Å². The molecule has 4 heteroatoms. The quantitative estimate of drug-likeness (QED) is 0.608. The molecule has 1 fully saturated rings. The molecule has 1 saturated heterocycles. The molecule has 4 nitrogen and oxygen atoms in total. The fourth-order valence-corrected chi connectivity index (χ4v) is 1.40. The molecule has 0 aromatic rings. The molecule has 0 aromatic carbocycles. The van der Waals surface area contributed by atoms with E-state index in [1.165, 1.54) is 7.11 Å². The van der Waals surface area contributed by atoms with Crippen LogP contribution in [0.2, 0.25) is 0 Å². The molecule has 0 bridgehead atoms. The normalized spacial score (nSPS) is 43.0. The molecule has 0 saturated carbocycles. The molecule has 0 aliphatic carbocycles. The summed E-state index contributed by atoms with van der Waals surface area (Å²) >= 11 is 0. The van der Waals surface area contributed by atoms with Crippen LogP contribution in [-0.4, -0.2) is 42.4 Å².